The van der Waals surface area contributed by atoms with Gasteiger partial charge in [-0.1, -0.05) is 13.8 Å². The van der Waals surface area contributed by atoms with Crippen LogP contribution in [0.1, 0.15) is 46.0 Å². The van der Waals surface area contributed by atoms with Gasteiger partial charge in [-0.3, -0.25) is 9.80 Å². The fourth-order valence-electron chi connectivity index (χ4n) is 3.85. The number of hydrogen-bond donors (Lipinski definition) is 1. The van der Waals surface area contributed by atoms with Crippen molar-refractivity contribution in [2.24, 2.45) is 5.73 Å². The lowest BCUT2D eigenvalue weighted by molar-refractivity contribution is 0.0745. The molecule has 2 fully saturated rings. The van der Waals surface area contributed by atoms with Crippen LogP contribution >= 0.6 is 0 Å². The second-order valence-corrected chi connectivity index (χ2v) is 5.92. The van der Waals surface area contributed by atoms with Gasteiger partial charge in [0.05, 0.1) is 0 Å². The Morgan fingerprint density at radius 3 is 2.35 bits per heavy atom. The molecular formula is C14H29N3. The minimum absolute atomic E-state index is 0.255. The van der Waals surface area contributed by atoms with Crippen molar-refractivity contribution in [1.82, 2.24) is 9.80 Å². The van der Waals surface area contributed by atoms with E-state index in [2.05, 4.69) is 30.7 Å². The van der Waals surface area contributed by atoms with Crippen LogP contribution in [0.5, 0.6) is 0 Å². The Balaban J connectivity index is 2.12. The van der Waals surface area contributed by atoms with E-state index in [1.165, 1.54) is 45.2 Å². The standard InChI is InChI=1S/C14H29N3/c1-4-14(5-2,11-15)17-9-8-12-6-7-13(10-17)16(12)3/h12-13H,4-11,15H2,1-3H3. The largest absolute Gasteiger partial charge is 0.329 e. The first-order valence-corrected chi connectivity index (χ1v) is 7.34. The molecule has 2 aliphatic rings. The van der Waals surface area contributed by atoms with Crippen molar-refractivity contribution in [2.75, 3.05) is 26.7 Å². The normalized spacial score (nSPS) is 31.8. The molecule has 2 bridgehead atoms. The van der Waals surface area contributed by atoms with E-state index in [1.807, 2.05) is 0 Å². The summed E-state index contributed by atoms with van der Waals surface area (Å²) in [6, 6.07) is 1.60. The molecule has 0 saturated carbocycles. The van der Waals surface area contributed by atoms with Gasteiger partial charge in [-0.2, -0.15) is 0 Å². The molecule has 2 N–H and O–H groups in total. The lowest BCUT2D eigenvalue weighted by Crippen LogP contribution is -2.55. The van der Waals surface area contributed by atoms with Crippen molar-refractivity contribution in [1.29, 1.82) is 0 Å². The fourth-order valence-corrected chi connectivity index (χ4v) is 3.85. The van der Waals surface area contributed by atoms with E-state index in [0.717, 1.165) is 18.6 Å². The maximum absolute atomic E-state index is 6.09. The maximum atomic E-state index is 6.09. The van der Waals surface area contributed by atoms with Crippen molar-refractivity contribution in [2.45, 2.75) is 63.6 Å². The molecule has 0 aromatic carbocycles. The van der Waals surface area contributed by atoms with Crippen LogP contribution in [0.15, 0.2) is 0 Å². The zero-order valence-electron chi connectivity index (χ0n) is 11.8. The van der Waals surface area contributed by atoms with Crippen LogP contribution in [-0.4, -0.2) is 54.1 Å². The minimum Gasteiger partial charge on any atom is -0.329 e. The van der Waals surface area contributed by atoms with Crippen LogP contribution in [0.4, 0.5) is 0 Å². The molecule has 0 radical (unpaired) electrons. The summed E-state index contributed by atoms with van der Waals surface area (Å²) in [5.41, 5.74) is 6.34. The van der Waals surface area contributed by atoms with Crippen molar-refractivity contribution >= 4 is 0 Å². The predicted molar refractivity (Wildman–Crippen MR) is 73.1 cm³/mol. The van der Waals surface area contributed by atoms with Gasteiger partial charge in [0, 0.05) is 37.3 Å². The molecule has 2 heterocycles. The second kappa shape index (κ2) is 5.25. The van der Waals surface area contributed by atoms with E-state index < -0.39 is 0 Å². The Labute approximate surface area is 106 Å². The molecule has 0 aromatic heterocycles. The van der Waals surface area contributed by atoms with E-state index >= 15 is 0 Å². The zero-order valence-corrected chi connectivity index (χ0v) is 11.8. The second-order valence-electron chi connectivity index (χ2n) is 5.92. The fraction of sp³-hybridized carbons (Fsp3) is 1.00. The van der Waals surface area contributed by atoms with Crippen LogP contribution < -0.4 is 5.73 Å². The summed E-state index contributed by atoms with van der Waals surface area (Å²) in [5.74, 6) is 0. The number of likely N-dealkylation sites (tertiary alicyclic amines) is 1. The molecular weight excluding hydrogens is 210 g/mol. The molecule has 2 saturated heterocycles. The number of fused-ring (bicyclic) bond motifs is 2. The number of nitrogens with zero attached hydrogens (tertiary/aromatic N) is 2. The van der Waals surface area contributed by atoms with Crippen LogP contribution in [0.2, 0.25) is 0 Å². The molecule has 2 atom stereocenters. The summed E-state index contributed by atoms with van der Waals surface area (Å²) in [4.78, 5) is 5.32. The maximum Gasteiger partial charge on any atom is 0.0327 e. The molecule has 3 nitrogen and oxygen atoms in total. The first-order chi connectivity index (χ1) is 8.16. The average Bonchev–Trinajstić information content (AvgIpc) is 2.58. The van der Waals surface area contributed by atoms with Gasteiger partial charge in [-0.15, -0.1) is 0 Å². The molecule has 17 heavy (non-hydrogen) atoms. The van der Waals surface area contributed by atoms with Crippen LogP contribution in [0.25, 0.3) is 0 Å². The zero-order chi connectivity index (χ0) is 12.5. The van der Waals surface area contributed by atoms with Crippen LogP contribution in [0.3, 0.4) is 0 Å². The Kier molecular flexibility index (Phi) is 4.11. The van der Waals surface area contributed by atoms with Gasteiger partial charge in [-0.05, 0) is 39.2 Å². The van der Waals surface area contributed by atoms with Gasteiger partial charge in [0.25, 0.3) is 0 Å². The summed E-state index contributed by atoms with van der Waals surface area (Å²) in [5, 5.41) is 0. The first kappa shape index (κ1) is 13.3. The van der Waals surface area contributed by atoms with Gasteiger partial charge >= 0.3 is 0 Å². The van der Waals surface area contributed by atoms with E-state index in [9.17, 15) is 0 Å². The van der Waals surface area contributed by atoms with E-state index in [-0.39, 0.29) is 5.54 Å². The molecule has 2 rings (SSSR count). The molecule has 2 unspecified atom stereocenters. The highest BCUT2D eigenvalue weighted by Crippen LogP contribution is 2.33. The highest BCUT2D eigenvalue weighted by Gasteiger charge is 2.40. The average molecular weight is 239 g/mol. The third-order valence-corrected chi connectivity index (χ3v) is 5.52. The van der Waals surface area contributed by atoms with Crippen molar-refractivity contribution < 1.29 is 0 Å². The molecule has 0 amide bonds. The highest BCUT2D eigenvalue weighted by atomic mass is 15.3. The molecule has 2 aliphatic heterocycles. The molecule has 3 heteroatoms. The van der Waals surface area contributed by atoms with E-state index in [0.29, 0.717) is 0 Å². The Hall–Kier alpha value is -0.120. The Bertz CT molecular complexity index is 242. The lowest BCUT2D eigenvalue weighted by atomic mass is 9.89. The predicted octanol–water partition coefficient (Wildman–Crippen LogP) is 1.67. The SMILES string of the molecule is CCC(CC)(CN)N1CCC2CCC(C1)N2C. The van der Waals surface area contributed by atoms with Gasteiger partial charge in [0.2, 0.25) is 0 Å². The number of hydrogen-bond acceptors (Lipinski definition) is 3. The third-order valence-electron chi connectivity index (χ3n) is 5.52. The quantitative estimate of drug-likeness (QED) is 0.810. The highest BCUT2D eigenvalue weighted by molar-refractivity contribution is 4.97. The van der Waals surface area contributed by atoms with Gasteiger partial charge < -0.3 is 5.73 Å². The van der Waals surface area contributed by atoms with Crippen molar-refractivity contribution in [3.05, 3.63) is 0 Å². The molecule has 0 spiro atoms. The summed E-state index contributed by atoms with van der Waals surface area (Å²) >= 11 is 0. The molecule has 0 aliphatic carbocycles. The Morgan fingerprint density at radius 1 is 1.12 bits per heavy atom. The van der Waals surface area contributed by atoms with Gasteiger partial charge in [-0.25, -0.2) is 0 Å². The smallest absolute Gasteiger partial charge is 0.0327 e. The van der Waals surface area contributed by atoms with Gasteiger partial charge in [0.15, 0.2) is 0 Å². The van der Waals surface area contributed by atoms with Crippen LogP contribution in [-0.2, 0) is 0 Å². The lowest BCUT2D eigenvalue weighted by Gasteiger charge is -2.43. The summed E-state index contributed by atoms with van der Waals surface area (Å²) in [6.45, 7) is 7.86. The number of nitrogens with two attached hydrogens (primary N) is 1. The summed E-state index contributed by atoms with van der Waals surface area (Å²) in [6.07, 6.45) is 6.48. The number of likely N-dealkylation sites (N-methyl/N-ethyl adjacent to an activating group) is 1. The first-order valence-electron chi connectivity index (χ1n) is 7.34. The third kappa shape index (κ3) is 2.25. The van der Waals surface area contributed by atoms with Crippen molar-refractivity contribution in [3.8, 4) is 0 Å². The van der Waals surface area contributed by atoms with Gasteiger partial charge in [0.1, 0.15) is 0 Å². The minimum atomic E-state index is 0.255. The van der Waals surface area contributed by atoms with E-state index in [1.54, 1.807) is 0 Å². The monoisotopic (exact) mass is 239 g/mol. The van der Waals surface area contributed by atoms with Crippen molar-refractivity contribution in [3.63, 3.8) is 0 Å². The summed E-state index contributed by atoms with van der Waals surface area (Å²) < 4.78 is 0. The van der Waals surface area contributed by atoms with Crippen LogP contribution in [0, 0.1) is 0 Å². The summed E-state index contributed by atoms with van der Waals surface area (Å²) in [7, 11) is 2.31. The topological polar surface area (TPSA) is 32.5 Å². The molecule has 0 aromatic rings. The Morgan fingerprint density at radius 2 is 1.76 bits per heavy atom. The number of rotatable bonds is 4. The van der Waals surface area contributed by atoms with E-state index in [4.69, 9.17) is 5.73 Å². The molecule has 100 valence electrons.